The maximum absolute atomic E-state index is 4.62. The van der Waals surface area contributed by atoms with Gasteiger partial charge in [-0.3, -0.25) is 0 Å². The van der Waals surface area contributed by atoms with Crippen LogP contribution in [-0.2, 0) is 0 Å². The van der Waals surface area contributed by atoms with E-state index in [1.165, 1.54) is 38.8 Å². The molecular formula is C14H24N4. The normalized spacial score (nSPS) is 22.3. The lowest BCUT2D eigenvalue weighted by atomic mass is 10.3. The average Bonchev–Trinajstić information content (AvgIpc) is 2.92. The van der Waals surface area contributed by atoms with Crippen molar-refractivity contribution in [1.82, 2.24) is 14.5 Å². The predicted octanol–water partition coefficient (Wildman–Crippen LogP) is 2.42. The predicted molar refractivity (Wildman–Crippen MR) is 74.0 cm³/mol. The zero-order chi connectivity index (χ0) is 12.5. The number of likely N-dealkylation sites (tertiary alicyclic amines) is 1. The number of anilines is 1. The third-order valence-corrected chi connectivity index (χ3v) is 3.90. The monoisotopic (exact) mass is 248 g/mol. The van der Waals surface area contributed by atoms with E-state index in [0.29, 0.717) is 12.1 Å². The first-order valence-electron chi connectivity index (χ1n) is 7.27. The van der Waals surface area contributed by atoms with Crippen molar-refractivity contribution in [1.29, 1.82) is 0 Å². The van der Waals surface area contributed by atoms with Crippen molar-refractivity contribution >= 4 is 5.95 Å². The molecule has 1 aromatic rings. The quantitative estimate of drug-likeness (QED) is 0.868. The van der Waals surface area contributed by atoms with E-state index in [9.17, 15) is 0 Å². The number of nitrogens with zero attached hydrogens (tertiary/aromatic N) is 3. The van der Waals surface area contributed by atoms with E-state index in [-0.39, 0.29) is 0 Å². The van der Waals surface area contributed by atoms with Crippen LogP contribution in [0.15, 0.2) is 6.20 Å². The zero-order valence-corrected chi connectivity index (χ0v) is 11.5. The van der Waals surface area contributed by atoms with Gasteiger partial charge in [0.05, 0.1) is 5.69 Å². The number of imidazole rings is 1. The molecule has 1 unspecified atom stereocenters. The summed E-state index contributed by atoms with van der Waals surface area (Å²) in [5, 5.41) is 3.59. The van der Waals surface area contributed by atoms with E-state index in [1.54, 1.807) is 0 Å². The lowest BCUT2D eigenvalue weighted by molar-refractivity contribution is 0.327. The Morgan fingerprint density at radius 3 is 2.78 bits per heavy atom. The van der Waals surface area contributed by atoms with Crippen molar-refractivity contribution in [2.75, 3.05) is 25.0 Å². The van der Waals surface area contributed by atoms with Crippen molar-refractivity contribution in [2.24, 2.45) is 0 Å². The third kappa shape index (κ3) is 2.69. The van der Waals surface area contributed by atoms with Crippen molar-refractivity contribution < 1.29 is 0 Å². The van der Waals surface area contributed by atoms with Gasteiger partial charge < -0.3 is 14.8 Å². The molecule has 1 saturated heterocycles. The van der Waals surface area contributed by atoms with Gasteiger partial charge in [0.2, 0.25) is 5.95 Å². The second kappa shape index (κ2) is 4.92. The Labute approximate surface area is 109 Å². The van der Waals surface area contributed by atoms with Crippen molar-refractivity contribution in [2.45, 2.75) is 51.6 Å². The summed E-state index contributed by atoms with van der Waals surface area (Å²) in [5.41, 5.74) is 1.12. The molecule has 1 atom stereocenters. The summed E-state index contributed by atoms with van der Waals surface area (Å²) in [6, 6.07) is 1.18. The van der Waals surface area contributed by atoms with E-state index < -0.39 is 0 Å². The van der Waals surface area contributed by atoms with E-state index in [2.05, 4.69) is 39.8 Å². The summed E-state index contributed by atoms with van der Waals surface area (Å²) in [6.45, 7) is 8.01. The summed E-state index contributed by atoms with van der Waals surface area (Å²) in [5.74, 6) is 1.07. The number of aryl methyl sites for hydroxylation is 1. The van der Waals surface area contributed by atoms with Gasteiger partial charge in [-0.2, -0.15) is 0 Å². The van der Waals surface area contributed by atoms with Crippen LogP contribution in [0.25, 0.3) is 0 Å². The maximum Gasteiger partial charge on any atom is 0.203 e. The van der Waals surface area contributed by atoms with Crippen LogP contribution in [0.1, 0.15) is 44.3 Å². The molecule has 2 aliphatic rings. The Kier molecular flexibility index (Phi) is 3.29. The van der Waals surface area contributed by atoms with E-state index >= 15 is 0 Å². The van der Waals surface area contributed by atoms with Crippen LogP contribution in [-0.4, -0.2) is 40.1 Å². The highest BCUT2D eigenvalue weighted by molar-refractivity contribution is 5.31. The van der Waals surface area contributed by atoms with Crippen LogP contribution in [0, 0.1) is 6.92 Å². The molecule has 0 amide bonds. The number of aromatic nitrogens is 2. The summed E-state index contributed by atoms with van der Waals surface area (Å²) in [7, 11) is 0. The first-order valence-corrected chi connectivity index (χ1v) is 7.27. The summed E-state index contributed by atoms with van der Waals surface area (Å²) in [4.78, 5) is 7.17. The van der Waals surface area contributed by atoms with Gasteiger partial charge in [-0.05, 0) is 52.6 Å². The lowest BCUT2D eigenvalue weighted by Crippen LogP contribution is -2.33. The zero-order valence-electron chi connectivity index (χ0n) is 11.5. The fraction of sp³-hybridized carbons (Fsp3) is 0.786. The van der Waals surface area contributed by atoms with E-state index in [0.717, 1.165) is 18.2 Å². The standard InChI is InChI=1S/C14H24N4/c1-11(9-17-7-3-4-8-17)15-14-16-12(2)10-18(14)13-5-6-13/h10-11,13H,3-9H2,1-2H3,(H,15,16). The molecule has 1 N–H and O–H groups in total. The maximum atomic E-state index is 4.62. The van der Waals surface area contributed by atoms with Crippen LogP contribution in [0.2, 0.25) is 0 Å². The Balaban J connectivity index is 1.60. The van der Waals surface area contributed by atoms with Gasteiger partial charge in [-0.25, -0.2) is 4.98 Å². The van der Waals surface area contributed by atoms with Crippen LogP contribution in [0.5, 0.6) is 0 Å². The topological polar surface area (TPSA) is 33.1 Å². The second-order valence-electron chi connectivity index (χ2n) is 5.90. The number of hydrogen-bond acceptors (Lipinski definition) is 3. The van der Waals surface area contributed by atoms with Crippen molar-refractivity contribution in [3.8, 4) is 0 Å². The molecule has 100 valence electrons. The van der Waals surface area contributed by atoms with Crippen molar-refractivity contribution in [3.05, 3.63) is 11.9 Å². The van der Waals surface area contributed by atoms with Crippen LogP contribution in [0.4, 0.5) is 5.95 Å². The van der Waals surface area contributed by atoms with Crippen molar-refractivity contribution in [3.63, 3.8) is 0 Å². The van der Waals surface area contributed by atoms with Gasteiger partial charge in [0.1, 0.15) is 0 Å². The highest BCUT2D eigenvalue weighted by Gasteiger charge is 2.26. The Bertz CT molecular complexity index is 402. The molecule has 1 saturated carbocycles. The Morgan fingerprint density at radius 1 is 1.39 bits per heavy atom. The van der Waals surface area contributed by atoms with E-state index in [1.807, 2.05) is 0 Å². The highest BCUT2D eigenvalue weighted by atomic mass is 15.3. The molecule has 0 radical (unpaired) electrons. The summed E-state index contributed by atoms with van der Waals surface area (Å²) >= 11 is 0. The van der Waals surface area contributed by atoms with Gasteiger partial charge in [0, 0.05) is 24.8 Å². The van der Waals surface area contributed by atoms with Gasteiger partial charge in [-0.15, -0.1) is 0 Å². The van der Waals surface area contributed by atoms with Gasteiger partial charge in [0.15, 0.2) is 0 Å². The van der Waals surface area contributed by atoms with E-state index in [4.69, 9.17) is 0 Å². The smallest absolute Gasteiger partial charge is 0.203 e. The molecule has 4 nitrogen and oxygen atoms in total. The summed E-state index contributed by atoms with van der Waals surface area (Å²) < 4.78 is 2.33. The SMILES string of the molecule is Cc1cn(C2CC2)c(NC(C)CN2CCCC2)n1. The van der Waals surface area contributed by atoms with Crippen LogP contribution in [0.3, 0.4) is 0 Å². The minimum atomic E-state index is 0.474. The molecule has 3 rings (SSSR count). The Hall–Kier alpha value is -1.03. The fourth-order valence-corrected chi connectivity index (χ4v) is 2.87. The summed E-state index contributed by atoms with van der Waals surface area (Å²) in [6.07, 6.45) is 7.53. The Morgan fingerprint density at radius 2 is 2.11 bits per heavy atom. The van der Waals surface area contributed by atoms with Gasteiger partial charge >= 0.3 is 0 Å². The molecule has 1 aromatic heterocycles. The first kappa shape index (κ1) is 12.0. The molecule has 2 heterocycles. The minimum absolute atomic E-state index is 0.474. The van der Waals surface area contributed by atoms with Gasteiger partial charge in [0.25, 0.3) is 0 Å². The average molecular weight is 248 g/mol. The lowest BCUT2D eigenvalue weighted by Gasteiger charge is -2.22. The number of nitrogens with one attached hydrogen (secondary N) is 1. The third-order valence-electron chi connectivity index (χ3n) is 3.90. The van der Waals surface area contributed by atoms with Crippen LogP contribution >= 0.6 is 0 Å². The largest absolute Gasteiger partial charge is 0.352 e. The molecule has 1 aliphatic carbocycles. The molecule has 1 aliphatic heterocycles. The van der Waals surface area contributed by atoms with Crippen LogP contribution < -0.4 is 5.32 Å². The van der Waals surface area contributed by atoms with Gasteiger partial charge in [-0.1, -0.05) is 0 Å². The molecule has 0 bridgehead atoms. The molecule has 2 fully saturated rings. The number of rotatable bonds is 5. The molecule has 0 spiro atoms. The molecule has 0 aromatic carbocycles. The first-order chi connectivity index (χ1) is 8.72. The molecule has 4 heteroatoms. The second-order valence-corrected chi connectivity index (χ2v) is 5.90. The fourth-order valence-electron chi connectivity index (χ4n) is 2.87. The molecule has 18 heavy (non-hydrogen) atoms. The molecular weight excluding hydrogens is 224 g/mol. The minimum Gasteiger partial charge on any atom is -0.352 e. The number of hydrogen-bond donors (Lipinski definition) is 1. The highest BCUT2D eigenvalue weighted by Crippen LogP contribution is 2.37.